The van der Waals surface area contributed by atoms with Gasteiger partial charge in [-0.1, -0.05) is 42.4 Å². The lowest BCUT2D eigenvalue weighted by molar-refractivity contribution is 0.519. The zero-order valence-electron chi connectivity index (χ0n) is 11.6. The highest BCUT2D eigenvalue weighted by molar-refractivity contribution is 5.28. The summed E-state index contributed by atoms with van der Waals surface area (Å²) in [5.41, 5.74) is 4.54. The third-order valence-corrected chi connectivity index (χ3v) is 4.34. The molecule has 2 rings (SSSR count). The molecule has 94 valence electrons. The van der Waals surface area contributed by atoms with Crippen LogP contribution < -0.4 is 0 Å². The highest BCUT2D eigenvalue weighted by Crippen LogP contribution is 2.39. The van der Waals surface area contributed by atoms with Crippen LogP contribution >= 0.6 is 0 Å². The van der Waals surface area contributed by atoms with Crippen LogP contribution in [0.3, 0.4) is 0 Å². The predicted molar refractivity (Wildman–Crippen MR) is 75.9 cm³/mol. The van der Waals surface area contributed by atoms with E-state index in [1.807, 2.05) is 0 Å². The molecule has 0 spiro atoms. The summed E-state index contributed by atoms with van der Waals surface area (Å²) in [6.45, 7) is 10.9. The van der Waals surface area contributed by atoms with E-state index in [2.05, 4.69) is 39.5 Å². The second-order valence-electron chi connectivity index (χ2n) is 6.34. The average molecular weight is 230 g/mol. The molecule has 0 aromatic carbocycles. The Kier molecular flexibility index (Phi) is 3.91. The fourth-order valence-corrected chi connectivity index (χ4v) is 3.52. The molecule has 0 saturated heterocycles. The summed E-state index contributed by atoms with van der Waals surface area (Å²) in [5.74, 6) is 2.44. The molecule has 1 saturated carbocycles. The highest BCUT2D eigenvalue weighted by atomic mass is 14.3. The monoisotopic (exact) mass is 230 g/mol. The maximum Gasteiger partial charge on any atom is -0.0206 e. The van der Waals surface area contributed by atoms with Crippen molar-refractivity contribution in [3.63, 3.8) is 0 Å². The quantitative estimate of drug-likeness (QED) is 0.578. The van der Waals surface area contributed by atoms with Crippen molar-refractivity contribution in [2.45, 2.75) is 52.9 Å². The van der Waals surface area contributed by atoms with E-state index in [0.717, 1.165) is 17.8 Å². The first-order valence-corrected chi connectivity index (χ1v) is 7.08. The van der Waals surface area contributed by atoms with Gasteiger partial charge >= 0.3 is 0 Å². The molecular weight excluding hydrogens is 204 g/mol. The molecule has 0 heteroatoms. The number of hydrogen-bond acceptors (Lipinski definition) is 0. The summed E-state index contributed by atoms with van der Waals surface area (Å²) in [6, 6.07) is 0. The van der Waals surface area contributed by atoms with Crippen LogP contribution in [0.2, 0.25) is 0 Å². The summed E-state index contributed by atoms with van der Waals surface area (Å²) >= 11 is 0. The summed E-state index contributed by atoms with van der Waals surface area (Å²) in [7, 11) is 0. The maximum atomic E-state index is 4.12. The van der Waals surface area contributed by atoms with Crippen molar-refractivity contribution in [1.29, 1.82) is 0 Å². The van der Waals surface area contributed by atoms with E-state index >= 15 is 0 Å². The van der Waals surface area contributed by atoms with Gasteiger partial charge in [0.1, 0.15) is 0 Å². The van der Waals surface area contributed by atoms with Crippen molar-refractivity contribution in [1.82, 2.24) is 0 Å². The molecule has 0 aromatic heterocycles. The lowest BCUT2D eigenvalue weighted by Crippen LogP contribution is -2.04. The zero-order valence-corrected chi connectivity index (χ0v) is 11.6. The molecule has 1 fully saturated rings. The fraction of sp³-hybridized carbons (Fsp3) is 0.647. The van der Waals surface area contributed by atoms with Crippen molar-refractivity contribution >= 4 is 0 Å². The van der Waals surface area contributed by atoms with E-state index in [1.54, 1.807) is 11.1 Å². The highest BCUT2D eigenvalue weighted by Gasteiger charge is 2.25. The molecule has 2 aliphatic rings. The van der Waals surface area contributed by atoms with Gasteiger partial charge in [-0.2, -0.15) is 0 Å². The van der Waals surface area contributed by atoms with Crippen LogP contribution in [-0.4, -0.2) is 0 Å². The third-order valence-electron chi connectivity index (χ3n) is 4.34. The molecule has 0 aliphatic heterocycles. The van der Waals surface area contributed by atoms with Crippen molar-refractivity contribution in [2.24, 2.45) is 17.8 Å². The van der Waals surface area contributed by atoms with Crippen molar-refractivity contribution in [2.75, 3.05) is 0 Å². The first-order chi connectivity index (χ1) is 8.04. The topological polar surface area (TPSA) is 0 Å². The van der Waals surface area contributed by atoms with Crippen LogP contribution in [0.5, 0.6) is 0 Å². The van der Waals surface area contributed by atoms with Crippen LogP contribution in [0.15, 0.2) is 35.5 Å². The Balaban J connectivity index is 1.92. The minimum Gasteiger partial charge on any atom is -0.0999 e. The molecule has 0 radical (unpaired) electrons. The smallest absolute Gasteiger partial charge is 0.0206 e. The van der Waals surface area contributed by atoms with Crippen LogP contribution in [0.25, 0.3) is 0 Å². The Bertz CT molecular complexity index is 356. The van der Waals surface area contributed by atoms with Crippen LogP contribution in [-0.2, 0) is 0 Å². The van der Waals surface area contributed by atoms with Gasteiger partial charge in [0, 0.05) is 0 Å². The summed E-state index contributed by atoms with van der Waals surface area (Å²) in [6.07, 6.45) is 11.6. The maximum absolute atomic E-state index is 4.12. The fourth-order valence-electron chi connectivity index (χ4n) is 3.52. The molecule has 0 bridgehead atoms. The van der Waals surface area contributed by atoms with Gasteiger partial charge in [0.25, 0.3) is 0 Å². The van der Waals surface area contributed by atoms with E-state index in [4.69, 9.17) is 0 Å². The summed E-state index contributed by atoms with van der Waals surface area (Å²) in [5, 5.41) is 0. The second-order valence-corrected chi connectivity index (χ2v) is 6.34. The van der Waals surface area contributed by atoms with Gasteiger partial charge in [0.15, 0.2) is 0 Å². The first-order valence-electron chi connectivity index (χ1n) is 7.08. The van der Waals surface area contributed by atoms with E-state index in [9.17, 15) is 0 Å². The van der Waals surface area contributed by atoms with Gasteiger partial charge < -0.3 is 0 Å². The van der Waals surface area contributed by atoms with Gasteiger partial charge in [0.2, 0.25) is 0 Å². The van der Waals surface area contributed by atoms with Crippen molar-refractivity contribution in [3.05, 3.63) is 35.5 Å². The van der Waals surface area contributed by atoms with Gasteiger partial charge in [-0.15, -0.1) is 0 Å². The molecule has 2 aliphatic carbocycles. The largest absolute Gasteiger partial charge is 0.0999 e. The van der Waals surface area contributed by atoms with Gasteiger partial charge in [-0.25, -0.2) is 0 Å². The average Bonchev–Trinajstić information content (AvgIpc) is 2.64. The van der Waals surface area contributed by atoms with Gasteiger partial charge in [-0.3, -0.25) is 0 Å². The molecule has 0 aromatic rings. The normalized spacial score (nSPS) is 33.2. The molecule has 3 atom stereocenters. The van der Waals surface area contributed by atoms with Crippen molar-refractivity contribution < 1.29 is 0 Å². The Morgan fingerprint density at radius 3 is 2.76 bits per heavy atom. The van der Waals surface area contributed by atoms with Crippen LogP contribution in [0.1, 0.15) is 52.9 Å². The summed E-state index contributed by atoms with van der Waals surface area (Å²) in [4.78, 5) is 0. The van der Waals surface area contributed by atoms with E-state index in [0.29, 0.717) is 0 Å². The molecule has 3 unspecified atom stereocenters. The Hall–Kier alpha value is -0.780. The van der Waals surface area contributed by atoms with E-state index in [1.165, 1.54) is 37.7 Å². The molecule has 0 N–H and O–H groups in total. The standard InChI is InChI=1S/C17H26/c1-12(2)17-6-5-15(11-17)10-16-8-13(3)7-14(4)9-16/h8-9,13,15,17H,1,5-7,10-11H2,2-4H3. The first kappa shape index (κ1) is 12.7. The van der Waals surface area contributed by atoms with Crippen LogP contribution in [0.4, 0.5) is 0 Å². The minimum atomic E-state index is 0.744. The van der Waals surface area contributed by atoms with Crippen molar-refractivity contribution in [3.8, 4) is 0 Å². The number of hydrogen-bond donors (Lipinski definition) is 0. The SMILES string of the molecule is C=C(C)C1CCC(CC2=CC(C)CC(C)=C2)C1. The Morgan fingerprint density at radius 2 is 2.18 bits per heavy atom. The molecular formula is C17H26. The minimum absolute atomic E-state index is 0.744. The molecule has 0 heterocycles. The Labute approximate surface area is 106 Å². The van der Waals surface area contributed by atoms with E-state index < -0.39 is 0 Å². The Morgan fingerprint density at radius 1 is 1.41 bits per heavy atom. The predicted octanol–water partition coefficient (Wildman–Crippen LogP) is 5.28. The molecule has 0 amide bonds. The third kappa shape index (κ3) is 3.34. The number of rotatable bonds is 3. The lowest BCUT2D eigenvalue weighted by atomic mass is 9.87. The summed E-state index contributed by atoms with van der Waals surface area (Å²) < 4.78 is 0. The van der Waals surface area contributed by atoms with Gasteiger partial charge in [0.05, 0.1) is 0 Å². The molecule has 17 heavy (non-hydrogen) atoms. The second kappa shape index (κ2) is 5.25. The van der Waals surface area contributed by atoms with E-state index in [-0.39, 0.29) is 0 Å². The zero-order chi connectivity index (χ0) is 12.4. The number of allylic oxidation sites excluding steroid dienone is 5. The van der Waals surface area contributed by atoms with Gasteiger partial charge in [-0.05, 0) is 63.7 Å². The lowest BCUT2D eigenvalue weighted by Gasteiger charge is -2.19. The molecule has 0 nitrogen and oxygen atoms in total. The van der Waals surface area contributed by atoms with Crippen LogP contribution in [0, 0.1) is 17.8 Å².